The fourth-order valence-electron chi connectivity index (χ4n) is 3.26. The molecule has 1 aliphatic rings. The van der Waals surface area contributed by atoms with E-state index in [1.54, 1.807) is 0 Å². The van der Waals surface area contributed by atoms with E-state index in [0.29, 0.717) is 13.0 Å². The van der Waals surface area contributed by atoms with Crippen molar-refractivity contribution in [1.29, 1.82) is 0 Å². The van der Waals surface area contributed by atoms with Gasteiger partial charge in [0, 0.05) is 26.1 Å². The number of likely N-dealkylation sites (tertiary alicyclic amines) is 1. The van der Waals surface area contributed by atoms with Crippen LogP contribution in [0.1, 0.15) is 43.7 Å². The lowest BCUT2D eigenvalue weighted by Gasteiger charge is -2.31. The number of carbonyl (C=O) groups excluding carboxylic acids is 1. The van der Waals surface area contributed by atoms with Crippen LogP contribution in [-0.2, 0) is 17.9 Å². The zero-order valence-corrected chi connectivity index (χ0v) is 17.1. The summed E-state index contributed by atoms with van der Waals surface area (Å²) in [6.45, 7) is 7.23. The van der Waals surface area contributed by atoms with Crippen molar-refractivity contribution in [3.05, 3.63) is 35.4 Å². The summed E-state index contributed by atoms with van der Waals surface area (Å²) in [6.07, 6.45) is 4.12. The van der Waals surface area contributed by atoms with Crippen LogP contribution in [0.4, 0.5) is 0 Å². The highest BCUT2D eigenvalue weighted by atomic mass is 35.5. The summed E-state index contributed by atoms with van der Waals surface area (Å²) in [4.78, 5) is 14.4. The maximum atomic E-state index is 11.9. The molecule has 1 aromatic rings. The lowest BCUT2D eigenvalue weighted by molar-refractivity contribution is -0.121. The molecule has 4 nitrogen and oxygen atoms in total. The van der Waals surface area contributed by atoms with Crippen LogP contribution in [0.15, 0.2) is 24.3 Å². The van der Waals surface area contributed by atoms with Crippen LogP contribution >= 0.6 is 24.8 Å². The molecule has 144 valence electrons. The number of hydrogen-bond acceptors (Lipinski definition) is 3. The van der Waals surface area contributed by atoms with E-state index < -0.39 is 0 Å². The number of hydrogen-bond donors (Lipinski definition) is 2. The fourth-order valence-corrected chi connectivity index (χ4v) is 3.26. The monoisotopic (exact) mass is 389 g/mol. The molecular weight excluding hydrogens is 357 g/mol. The Morgan fingerprint density at radius 3 is 2.64 bits per heavy atom. The molecule has 2 N–H and O–H groups in total. The molecule has 1 fully saturated rings. The van der Waals surface area contributed by atoms with Crippen LogP contribution in [0.5, 0.6) is 0 Å². The number of halogens is 2. The molecular formula is C19H33Cl2N3O. The standard InChI is InChI=1S/C19H31N3O.2ClH/c1-16-7-6-12-22(14-16)15-18-9-4-3-8-17(18)13-21-19(23)10-5-11-20-2;;/h3-4,8-9,16,20H,5-7,10-15H2,1-2H3,(H,21,23);2*1H. The zero-order chi connectivity index (χ0) is 16.5. The first-order valence-corrected chi connectivity index (χ1v) is 8.89. The van der Waals surface area contributed by atoms with Gasteiger partial charge >= 0.3 is 0 Å². The van der Waals surface area contributed by atoms with E-state index >= 15 is 0 Å². The molecule has 6 heteroatoms. The van der Waals surface area contributed by atoms with E-state index in [2.05, 4.69) is 46.7 Å². The van der Waals surface area contributed by atoms with Gasteiger partial charge in [-0.05, 0) is 56.4 Å². The number of piperidine rings is 1. The highest BCUT2D eigenvalue weighted by Crippen LogP contribution is 2.19. The summed E-state index contributed by atoms with van der Waals surface area (Å²) in [5.74, 6) is 0.935. The van der Waals surface area contributed by atoms with Crippen molar-refractivity contribution in [2.75, 3.05) is 26.7 Å². The Hall–Kier alpha value is -0.810. The van der Waals surface area contributed by atoms with Gasteiger partial charge < -0.3 is 10.6 Å². The van der Waals surface area contributed by atoms with Crippen LogP contribution in [0, 0.1) is 5.92 Å². The number of rotatable bonds is 8. The second-order valence-corrected chi connectivity index (χ2v) is 6.74. The minimum absolute atomic E-state index is 0. The molecule has 25 heavy (non-hydrogen) atoms. The number of carbonyl (C=O) groups is 1. The second-order valence-electron chi connectivity index (χ2n) is 6.74. The number of nitrogens with one attached hydrogen (secondary N) is 2. The molecule has 0 aromatic heterocycles. The molecule has 0 radical (unpaired) electrons. The predicted molar refractivity (Wildman–Crippen MR) is 110 cm³/mol. The maximum absolute atomic E-state index is 11.9. The maximum Gasteiger partial charge on any atom is 0.220 e. The summed E-state index contributed by atoms with van der Waals surface area (Å²) < 4.78 is 0. The van der Waals surface area contributed by atoms with Crippen LogP contribution in [0.3, 0.4) is 0 Å². The van der Waals surface area contributed by atoms with E-state index in [1.807, 2.05) is 7.05 Å². The Kier molecular flexibility index (Phi) is 13.0. The molecule has 0 saturated carbocycles. The van der Waals surface area contributed by atoms with Crippen molar-refractivity contribution >= 4 is 30.7 Å². The van der Waals surface area contributed by atoms with Gasteiger partial charge in [-0.2, -0.15) is 0 Å². The quantitative estimate of drug-likeness (QED) is 0.669. The molecule has 0 aliphatic carbocycles. The molecule has 1 aliphatic heterocycles. The first-order valence-electron chi connectivity index (χ1n) is 8.89. The van der Waals surface area contributed by atoms with Gasteiger partial charge in [0.1, 0.15) is 0 Å². The molecule has 1 heterocycles. The molecule has 0 spiro atoms. The Balaban J connectivity index is 0.00000288. The lowest BCUT2D eigenvalue weighted by Crippen LogP contribution is -2.34. The normalized spacial score (nSPS) is 17.3. The van der Waals surface area contributed by atoms with Crippen molar-refractivity contribution < 1.29 is 4.79 Å². The van der Waals surface area contributed by atoms with Crippen LogP contribution in [0.25, 0.3) is 0 Å². The van der Waals surface area contributed by atoms with Gasteiger partial charge in [0.25, 0.3) is 0 Å². The largest absolute Gasteiger partial charge is 0.352 e. The number of amides is 1. The van der Waals surface area contributed by atoms with E-state index in [1.165, 1.54) is 37.1 Å². The Morgan fingerprint density at radius 2 is 1.96 bits per heavy atom. The fraction of sp³-hybridized carbons (Fsp3) is 0.632. The van der Waals surface area contributed by atoms with Crippen LogP contribution < -0.4 is 10.6 Å². The van der Waals surface area contributed by atoms with Gasteiger partial charge in [-0.15, -0.1) is 24.8 Å². The summed E-state index contributed by atoms with van der Waals surface area (Å²) >= 11 is 0. The summed E-state index contributed by atoms with van der Waals surface area (Å²) in [5.41, 5.74) is 2.59. The SMILES string of the molecule is CNCCCC(=O)NCc1ccccc1CN1CCCC(C)C1.Cl.Cl. The minimum atomic E-state index is 0. The average molecular weight is 390 g/mol. The zero-order valence-electron chi connectivity index (χ0n) is 15.4. The Labute approximate surface area is 164 Å². The summed E-state index contributed by atoms with van der Waals surface area (Å²) in [6, 6.07) is 8.49. The molecule has 1 unspecified atom stereocenters. The first kappa shape index (κ1) is 24.2. The molecule has 1 saturated heterocycles. The minimum Gasteiger partial charge on any atom is -0.352 e. The van der Waals surface area contributed by atoms with Gasteiger partial charge in [0.2, 0.25) is 5.91 Å². The van der Waals surface area contributed by atoms with E-state index in [9.17, 15) is 4.79 Å². The van der Waals surface area contributed by atoms with E-state index in [-0.39, 0.29) is 30.7 Å². The van der Waals surface area contributed by atoms with E-state index in [0.717, 1.165) is 25.4 Å². The number of benzene rings is 1. The number of nitrogens with zero attached hydrogens (tertiary/aromatic N) is 1. The highest BCUT2D eigenvalue weighted by Gasteiger charge is 2.17. The van der Waals surface area contributed by atoms with Gasteiger partial charge in [-0.25, -0.2) is 0 Å². The summed E-state index contributed by atoms with van der Waals surface area (Å²) in [7, 11) is 1.91. The van der Waals surface area contributed by atoms with Crippen molar-refractivity contribution in [2.45, 2.75) is 45.7 Å². The van der Waals surface area contributed by atoms with Crippen molar-refractivity contribution in [1.82, 2.24) is 15.5 Å². The third kappa shape index (κ3) is 8.91. The lowest BCUT2D eigenvalue weighted by atomic mass is 9.99. The topological polar surface area (TPSA) is 44.4 Å². The molecule has 0 bridgehead atoms. The van der Waals surface area contributed by atoms with Crippen molar-refractivity contribution in [3.63, 3.8) is 0 Å². The molecule has 1 atom stereocenters. The van der Waals surface area contributed by atoms with Gasteiger partial charge in [-0.1, -0.05) is 31.2 Å². The third-order valence-electron chi connectivity index (χ3n) is 4.56. The predicted octanol–water partition coefficient (Wildman–Crippen LogP) is 3.38. The molecule has 2 rings (SSSR count). The van der Waals surface area contributed by atoms with Gasteiger partial charge in [0.15, 0.2) is 0 Å². The Bertz CT molecular complexity index is 499. The van der Waals surface area contributed by atoms with Gasteiger partial charge in [-0.3, -0.25) is 9.69 Å². The van der Waals surface area contributed by atoms with E-state index in [4.69, 9.17) is 0 Å². The smallest absolute Gasteiger partial charge is 0.220 e. The van der Waals surface area contributed by atoms with Crippen LogP contribution in [-0.4, -0.2) is 37.5 Å². The molecule has 1 aromatic carbocycles. The van der Waals surface area contributed by atoms with Crippen molar-refractivity contribution in [3.8, 4) is 0 Å². The second kappa shape index (κ2) is 13.4. The average Bonchev–Trinajstić information content (AvgIpc) is 2.54. The van der Waals surface area contributed by atoms with Gasteiger partial charge in [0.05, 0.1) is 0 Å². The van der Waals surface area contributed by atoms with Crippen LogP contribution in [0.2, 0.25) is 0 Å². The highest BCUT2D eigenvalue weighted by molar-refractivity contribution is 5.85. The van der Waals surface area contributed by atoms with Crippen molar-refractivity contribution in [2.24, 2.45) is 5.92 Å². The Morgan fingerprint density at radius 1 is 1.24 bits per heavy atom. The molecule has 1 amide bonds. The first-order chi connectivity index (χ1) is 11.2. The summed E-state index contributed by atoms with van der Waals surface area (Å²) in [5, 5.41) is 6.13. The third-order valence-corrected chi connectivity index (χ3v) is 4.56.